The Balaban J connectivity index is 2.31. The van der Waals surface area contributed by atoms with Crippen molar-refractivity contribution in [1.29, 1.82) is 0 Å². The van der Waals surface area contributed by atoms with Crippen LogP contribution >= 0.6 is 0 Å². The summed E-state index contributed by atoms with van der Waals surface area (Å²) < 4.78 is 0. The number of hydrogen-bond donors (Lipinski definition) is 4. The minimum atomic E-state index is 0.104. The van der Waals surface area contributed by atoms with Crippen LogP contribution in [0.2, 0.25) is 0 Å². The summed E-state index contributed by atoms with van der Waals surface area (Å²) in [6.45, 7) is 1.32. The topological polar surface area (TPSA) is 86.7 Å². The molecule has 0 bridgehead atoms. The van der Waals surface area contributed by atoms with E-state index in [0.717, 1.165) is 5.56 Å². The highest BCUT2D eigenvalue weighted by atomic mass is 16.3. The molecule has 0 aliphatic carbocycles. The molecule has 1 radical (unpaired) electrons. The Kier molecular flexibility index (Phi) is 3.39. The van der Waals surface area contributed by atoms with E-state index >= 15 is 0 Å². The molecule has 0 aliphatic heterocycles. The first-order valence-electron chi connectivity index (χ1n) is 5.48. The quantitative estimate of drug-likeness (QED) is 0.621. The Labute approximate surface area is 105 Å². The van der Waals surface area contributed by atoms with Crippen molar-refractivity contribution in [1.82, 2.24) is 0 Å². The van der Waals surface area contributed by atoms with Gasteiger partial charge in [-0.15, -0.1) is 0 Å². The number of phenolic OH excluding ortho intramolecular Hbond substituents is 3. The average molecular weight is 244 g/mol. The van der Waals surface area contributed by atoms with Crippen molar-refractivity contribution < 1.29 is 15.3 Å². The molecule has 2 aromatic rings. The molecule has 0 fully saturated rings. The van der Waals surface area contributed by atoms with Gasteiger partial charge in [0.05, 0.1) is 6.54 Å². The number of benzene rings is 2. The number of phenols is 3. The largest absolute Gasteiger partial charge is 0.508 e. The zero-order chi connectivity index (χ0) is 13.1. The van der Waals surface area contributed by atoms with Gasteiger partial charge in [0.25, 0.3) is 0 Å². The fourth-order valence-electron chi connectivity index (χ4n) is 1.78. The van der Waals surface area contributed by atoms with Gasteiger partial charge in [0, 0.05) is 17.5 Å². The van der Waals surface area contributed by atoms with Crippen LogP contribution in [0.4, 0.5) is 0 Å². The summed E-state index contributed by atoms with van der Waals surface area (Å²) in [7, 11) is 0. The number of hydrogen-bond acceptors (Lipinski definition) is 4. The average Bonchev–Trinajstić information content (AvgIpc) is 2.36. The second-order valence-electron chi connectivity index (χ2n) is 4.05. The lowest BCUT2D eigenvalue weighted by molar-refractivity contribution is 0.455. The van der Waals surface area contributed by atoms with E-state index in [1.165, 1.54) is 24.7 Å². The minimum Gasteiger partial charge on any atom is -0.508 e. The molecular weight excluding hydrogens is 230 g/mol. The molecule has 0 amide bonds. The number of rotatable bonds is 3. The predicted octanol–water partition coefficient (Wildman–Crippen LogP) is 1.86. The fourth-order valence-corrected chi connectivity index (χ4v) is 1.78. The Morgan fingerprint density at radius 1 is 0.944 bits per heavy atom. The molecule has 0 atom stereocenters. The van der Waals surface area contributed by atoms with Crippen molar-refractivity contribution in [2.45, 2.75) is 6.42 Å². The zero-order valence-electron chi connectivity index (χ0n) is 9.67. The van der Waals surface area contributed by atoms with Crippen molar-refractivity contribution >= 4 is 0 Å². The maximum absolute atomic E-state index is 9.68. The van der Waals surface area contributed by atoms with E-state index in [2.05, 4.69) is 0 Å². The van der Waals surface area contributed by atoms with Gasteiger partial charge in [-0.3, -0.25) is 0 Å². The van der Waals surface area contributed by atoms with Crippen molar-refractivity contribution in [2.24, 2.45) is 5.73 Å². The second-order valence-corrected chi connectivity index (χ2v) is 4.05. The van der Waals surface area contributed by atoms with Crippen molar-refractivity contribution in [3.8, 4) is 17.2 Å². The molecule has 0 saturated heterocycles. The van der Waals surface area contributed by atoms with E-state index in [-0.39, 0.29) is 17.2 Å². The molecule has 4 nitrogen and oxygen atoms in total. The van der Waals surface area contributed by atoms with Gasteiger partial charge in [0.15, 0.2) is 0 Å². The monoisotopic (exact) mass is 244 g/mol. The minimum absolute atomic E-state index is 0.104. The van der Waals surface area contributed by atoms with Crippen LogP contribution < -0.4 is 5.73 Å². The second kappa shape index (κ2) is 4.98. The molecule has 0 aromatic heterocycles. The van der Waals surface area contributed by atoms with Crippen LogP contribution in [-0.4, -0.2) is 15.3 Å². The van der Waals surface area contributed by atoms with E-state index in [4.69, 9.17) is 5.73 Å². The van der Waals surface area contributed by atoms with Crippen LogP contribution in [0.5, 0.6) is 17.2 Å². The highest BCUT2D eigenvalue weighted by Gasteiger charge is 2.06. The molecule has 4 heteroatoms. The van der Waals surface area contributed by atoms with Gasteiger partial charge in [0.2, 0.25) is 0 Å². The Morgan fingerprint density at radius 3 is 2.39 bits per heavy atom. The van der Waals surface area contributed by atoms with E-state index in [1.807, 2.05) is 0 Å². The van der Waals surface area contributed by atoms with Crippen LogP contribution in [0.3, 0.4) is 0 Å². The number of nitrogens with two attached hydrogens (primary N) is 1. The van der Waals surface area contributed by atoms with E-state index < -0.39 is 0 Å². The summed E-state index contributed by atoms with van der Waals surface area (Å²) in [5.41, 5.74) is 7.42. The summed E-state index contributed by atoms with van der Waals surface area (Å²) in [6, 6.07) is 9.41. The van der Waals surface area contributed by atoms with E-state index in [0.29, 0.717) is 17.5 Å². The molecular formula is C14H14NO3. The van der Waals surface area contributed by atoms with Gasteiger partial charge in [-0.2, -0.15) is 0 Å². The molecule has 2 aromatic carbocycles. The van der Waals surface area contributed by atoms with Gasteiger partial charge >= 0.3 is 0 Å². The Bertz CT molecular complexity index is 567. The third-order valence-electron chi connectivity index (χ3n) is 2.73. The lowest BCUT2D eigenvalue weighted by Gasteiger charge is -2.08. The Hall–Kier alpha value is -2.20. The van der Waals surface area contributed by atoms with Gasteiger partial charge in [0.1, 0.15) is 17.2 Å². The first-order valence-corrected chi connectivity index (χ1v) is 5.48. The third kappa shape index (κ3) is 2.55. The van der Waals surface area contributed by atoms with Crippen LogP contribution in [0.1, 0.15) is 16.7 Å². The van der Waals surface area contributed by atoms with Crippen LogP contribution in [0.25, 0.3) is 0 Å². The van der Waals surface area contributed by atoms with Crippen molar-refractivity contribution in [3.63, 3.8) is 0 Å². The van der Waals surface area contributed by atoms with Crippen molar-refractivity contribution in [2.75, 3.05) is 0 Å². The van der Waals surface area contributed by atoms with E-state index in [9.17, 15) is 15.3 Å². The highest BCUT2D eigenvalue weighted by Crippen LogP contribution is 2.26. The van der Waals surface area contributed by atoms with Crippen LogP contribution in [-0.2, 0) is 6.42 Å². The lowest BCUT2D eigenvalue weighted by Crippen LogP contribution is -1.96. The lowest BCUT2D eigenvalue weighted by atomic mass is 10.0. The van der Waals surface area contributed by atoms with Crippen LogP contribution in [0, 0.1) is 6.54 Å². The fraction of sp³-hybridized carbons (Fsp3) is 0.0714. The van der Waals surface area contributed by atoms with Gasteiger partial charge in [-0.25, -0.2) is 0 Å². The summed E-state index contributed by atoms with van der Waals surface area (Å²) >= 11 is 0. The summed E-state index contributed by atoms with van der Waals surface area (Å²) in [5.74, 6) is 0.340. The van der Waals surface area contributed by atoms with E-state index in [1.54, 1.807) is 18.2 Å². The van der Waals surface area contributed by atoms with Gasteiger partial charge < -0.3 is 21.1 Å². The first-order chi connectivity index (χ1) is 8.60. The molecule has 93 valence electrons. The zero-order valence-corrected chi connectivity index (χ0v) is 9.67. The SMILES string of the molecule is N[CH]c1cc(Cc2cc(O)ccc2O)ccc1O. The smallest absolute Gasteiger partial charge is 0.120 e. The number of aromatic hydroxyl groups is 3. The Morgan fingerprint density at radius 2 is 1.67 bits per heavy atom. The molecule has 0 aliphatic rings. The van der Waals surface area contributed by atoms with Crippen molar-refractivity contribution in [3.05, 3.63) is 59.6 Å². The standard InChI is InChI=1S/C14H14NO3/c15-8-11-6-9(1-3-14(11)18)5-10-7-12(16)2-4-13(10)17/h1-4,6-8,16-18H,5,15H2. The summed E-state index contributed by atoms with van der Waals surface area (Å²) in [5, 5.41) is 28.6. The van der Waals surface area contributed by atoms with Gasteiger partial charge in [-0.1, -0.05) is 12.1 Å². The summed E-state index contributed by atoms with van der Waals surface area (Å²) in [6.07, 6.45) is 0.446. The highest BCUT2D eigenvalue weighted by molar-refractivity contribution is 5.45. The molecule has 18 heavy (non-hydrogen) atoms. The molecule has 0 saturated carbocycles. The maximum Gasteiger partial charge on any atom is 0.120 e. The molecule has 0 spiro atoms. The summed E-state index contributed by atoms with van der Waals surface area (Å²) in [4.78, 5) is 0. The molecule has 0 heterocycles. The molecule has 0 unspecified atom stereocenters. The predicted molar refractivity (Wildman–Crippen MR) is 68.3 cm³/mol. The molecule has 2 rings (SSSR count). The van der Waals surface area contributed by atoms with Crippen LogP contribution in [0.15, 0.2) is 36.4 Å². The maximum atomic E-state index is 9.68. The normalized spacial score (nSPS) is 10.5. The first kappa shape index (κ1) is 12.3. The third-order valence-corrected chi connectivity index (χ3v) is 2.73. The van der Waals surface area contributed by atoms with Gasteiger partial charge in [-0.05, 0) is 29.8 Å². The molecule has 5 N–H and O–H groups in total.